The van der Waals surface area contributed by atoms with Crippen LogP contribution in [0, 0.1) is 12.7 Å². The number of nitrogens with zero attached hydrogens (tertiary/aromatic N) is 5. The zero-order valence-electron chi connectivity index (χ0n) is 14.4. The predicted molar refractivity (Wildman–Crippen MR) is 99.8 cm³/mol. The summed E-state index contributed by atoms with van der Waals surface area (Å²) in [6.45, 7) is 2.07. The molecule has 0 bridgehead atoms. The van der Waals surface area contributed by atoms with Gasteiger partial charge < -0.3 is 4.74 Å². The molecule has 6 nitrogen and oxygen atoms in total. The SMILES string of the molecule is Cc1c(F)ccc2c1ncn2-c1nc(OCCc2ccccn2)ncc1Cl. The quantitative estimate of drug-likeness (QED) is 0.522. The molecule has 1 aromatic carbocycles. The van der Waals surface area contributed by atoms with Gasteiger partial charge in [-0.3, -0.25) is 9.55 Å². The van der Waals surface area contributed by atoms with Crippen molar-refractivity contribution < 1.29 is 9.13 Å². The third kappa shape index (κ3) is 3.46. The molecule has 136 valence electrons. The molecule has 0 aliphatic heterocycles. The smallest absolute Gasteiger partial charge is 0.318 e. The first-order valence-corrected chi connectivity index (χ1v) is 8.69. The monoisotopic (exact) mass is 383 g/mol. The zero-order chi connectivity index (χ0) is 18.8. The Balaban J connectivity index is 1.60. The third-order valence-corrected chi connectivity index (χ3v) is 4.42. The first-order chi connectivity index (χ1) is 13.1. The number of aromatic nitrogens is 5. The summed E-state index contributed by atoms with van der Waals surface area (Å²) in [6, 6.07) is 8.96. The van der Waals surface area contributed by atoms with Crippen LogP contribution in [0.3, 0.4) is 0 Å². The number of aryl methyl sites for hydroxylation is 1. The van der Waals surface area contributed by atoms with E-state index in [-0.39, 0.29) is 11.8 Å². The van der Waals surface area contributed by atoms with Gasteiger partial charge in [-0.15, -0.1) is 0 Å². The Hall–Kier alpha value is -3.06. The Morgan fingerprint density at radius 1 is 1.15 bits per heavy atom. The van der Waals surface area contributed by atoms with Gasteiger partial charge in [0, 0.05) is 23.9 Å². The van der Waals surface area contributed by atoms with E-state index >= 15 is 0 Å². The van der Waals surface area contributed by atoms with Gasteiger partial charge in [0.25, 0.3) is 0 Å². The summed E-state index contributed by atoms with van der Waals surface area (Å²) in [5.41, 5.74) is 2.66. The lowest BCUT2D eigenvalue weighted by molar-refractivity contribution is 0.294. The van der Waals surface area contributed by atoms with E-state index in [0.29, 0.717) is 40.5 Å². The Kier molecular flexibility index (Phi) is 4.68. The van der Waals surface area contributed by atoms with Gasteiger partial charge in [0.05, 0.1) is 23.8 Å². The standard InChI is InChI=1S/C19H15ClFN5O/c1-12-15(21)5-6-16-17(12)24-11-26(16)18-14(20)10-23-19(25-18)27-9-7-13-4-2-3-8-22-13/h2-6,8,10-11H,7,9H2,1H3. The molecule has 0 aliphatic carbocycles. The van der Waals surface area contributed by atoms with Crippen LogP contribution in [0.15, 0.2) is 49.1 Å². The number of fused-ring (bicyclic) bond motifs is 1. The molecule has 0 radical (unpaired) electrons. The van der Waals surface area contributed by atoms with Gasteiger partial charge in [0.2, 0.25) is 0 Å². The highest BCUT2D eigenvalue weighted by Gasteiger charge is 2.14. The van der Waals surface area contributed by atoms with Crippen molar-refractivity contribution in [1.82, 2.24) is 24.5 Å². The van der Waals surface area contributed by atoms with Crippen molar-refractivity contribution in [2.45, 2.75) is 13.3 Å². The molecule has 0 unspecified atom stereocenters. The molecule has 0 atom stereocenters. The fraction of sp³-hybridized carbons (Fsp3) is 0.158. The topological polar surface area (TPSA) is 65.7 Å². The molecule has 3 heterocycles. The molecule has 0 amide bonds. The van der Waals surface area contributed by atoms with Crippen LogP contribution >= 0.6 is 11.6 Å². The molecule has 0 fully saturated rings. The Labute approximate surface area is 159 Å². The molecule has 4 aromatic rings. The third-order valence-electron chi connectivity index (χ3n) is 4.15. The summed E-state index contributed by atoms with van der Waals surface area (Å²) >= 11 is 6.28. The highest BCUT2D eigenvalue weighted by molar-refractivity contribution is 6.32. The van der Waals surface area contributed by atoms with E-state index in [4.69, 9.17) is 16.3 Å². The van der Waals surface area contributed by atoms with Crippen LogP contribution in [0.1, 0.15) is 11.3 Å². The molecular formula is C19H15ClFN5O. The van der Waals surface area contributed by atoms with Gasteiger partial charge in [-0.25, -0.2) is 14.4 Å². The van der Waals surface area contributed by atoms with Gasteiger partial charge in [0.15, 0.2) is 5.82 Å². The number of ether oxygens (including phenoxy) is 1. The van der Waals surface area contributed by atoms with Gasteiger partial charge in [-0.1, -0.05) is 17.7 Å². The number of rotatable bonds is 5. The molecule has 8 heteroatoms. The molecular weight excluding hydrogens is 369 g/mol. The minimum atomic E-state index is -0.305. The summed E-state index contributed by atoms with van der Waals surface area (Å²) in [6.07, 6.45) is 5.40. The predicted octanol–water partition coefficient (Wildman–Crippen LogP) is 3.93. The van der Waals surface area contributed by atoms with Crippen molar-refractivity contribution in [3.05, 3.63) is 71.2 Å². The Morgan fingerprint density at radius 3 is 2.85 bits per heavy atom. The second-order valence-electron chi connectivity index (χ2n) is 5.90. The van der Waals surface area contributed by atoms with Crippen LogP contribution in [0.25, 0.3) is 16.9 Å². The van der Waals surface area contributed by atoms with Gasteiger partial charge in [-0.2, -0.15) is 4.98 Å². The minimum absolute atomic E-state index is 0.200. The Morgan fingerprint density at radius 2 is 2.04 bits per heavy atom. The van der Waals surface area contributed by atoms with E-state index in [2.05, 4.69) is 19.9 Å². The molecule has 4 rings (SSSR count). The number of hydrogen-bond acceptors (Lipinski definition) is 5. The molecule has 27 heavy (non-hydrogen) atoms. The van der Waals surface area contributed by atoms with Crippen LogP contribution in [-0.2, 0) is 6.42 Å². The van der Waals surface area contributed by atoms with E-state index in [1.807, 2.05) is 18.2 Å². The maximum Gasteiger partial charge on any atom is 0.318 e. The van der Waals surface area contributed by atoms with E-state index in [9.17, 15) is 4.39 Å². The fourth-order valence-corrected chi connectivity index (χ4v) is 2.92. The van der Waals surface area contributed by atoms with E-state index < -0.39 is 0 Å². The molecule has 0 N–H and O–H groups in total. The van der Waals surface area contributed by atoms with E-state index in [1.165, 1.54) is 12.3 Å². The van der Waals surface area contributed by atoms with Crippen LogP contribution in [-0.4, -0.2) is 31.1 Å². The normalized spacial score (nSPS) is 11.1. The van der Waals surface area contributed by atoms with Crippen molar-refractivity contribution in [2.24, 2.45) is 0 Å². The number of pyridine rings is 1. The van der Waals surface area contributed by atoms with Gasteiger partial charge >= 0.3 is 6.01 Å². The number of halogens is 2. The zero-order valence-corrected chi connectivity index (χ0v) is 15.2. The van der Waals surface area contributed by atoms with Crippen molar-refractivity contribution in [2.75, 3.05) is 6.61 Å². The summed E-state index contributed by atoms with van der Waals surface area (Å²) in [5, 5.41) is 0.341. The average Bonchev–Trinajstić information content (AvgIpc) is 3.11. The van der Waals surface area contributed by atoms with Gasteiger partial charge in [-0.05, 0) is 31.2 Å². The molecule has 0 aliphatic rings. The summed E-state index contributed by atoms with van der Waals surface area (Å²) < 4.78 is 21.1. The largest absolute Gasteiger partial charge is 0.463 e. The second kappa shape index (κ2) is 7.28. The number of benzene rings is 1. The Bertz CT molecular complexity index is 1100. The van der Waals surface area contributed by atoms with E-state index in [1.54, 1.807) is 30.1 Å². The fourth-order valence-electron chi connectivity index (χ4n) is 2.74. The number of hydrogen-bond donors (Lipinski definition) is 0. The molecule has 0 spiro atoms. The second-order valence-corrected chi connectivity index (χ2v) is 6.31. The van der Waals surface area contributed by atoms with Crippen molar-refractivity contribution in [3.8, 4) is 11.8 Å². The highest BCUT2D eigenvalue weighted by Crippen LogP contribution is 2.26. The van der Waals surface area contributed by atoms with Crippen molar-refractivity contribution in [3.63, 3.8) is 0 Å². The maximum atomic E-state index is 13.8. The van der Waals surface area contributed by atoms with E-state index in [0.717, 1.165) is 5.69 Å². The summed E-state index contributed by atoms with van der Waals surface area (Å²) in [4.78, 5) is 17.0. The first-order valence-electron chi connectivity index (χ1n) is 8.31. The van der Waals surface area contributed by atoms with Crippen LogP contribution < -0.4 is 4.74 Å². The van der Waals surface area contributed by atoms with Crippen molar-refractivity contribution >= 4 is 22.6 Å². The molecule has 0 saturated carbocycles. The summed E-state index contributed by atoms with van der Waals surface area (Å²) in [5.74, 6) is 0.119. The highest BCUT2D eigenvalue weighted by atomic mass is 35.5. The van der Waals surface area contributed by atoms with Crippen molar-refractivity contribution in [1.29, 1.82) is 0 Å². The lowest BCUT2D eigenvalue weighted by atomic mass is 10.2. The lowest BCUT2D eigenvalue weighted by Crippen LogP contribution is -2.07. The van der Waals surface area contributed by atoms with Gasteiger partial charge in [0.1, 0.15) is 17.2 Å². The summed E-state index contributed by atoms with van der Waals surface area (Å²) in [7, 11) is 0. The maximum absolute atomic E-state index is 13.8. The van der Waals surface area contributed by atoms with Crippen LogP contribution in [0.2, 0.25) is 5.02 Å². The molecule has 0 saturated heterocycles. The minimum Gasteiger partial charge on any atom is -0.463 e. The number of imidazole rings is 1. The average molecular weight is 384 g/mol. The van der Waals surface area contributed by atoms with Crippen LogP contribution in [0.4, 0.5) is 4.39 Å². The first kappa shape index (κ1) is 17.4. The lowest BCUT2D eigenvalue weighted by Gasteiger charge is -2.09. The molecule has 3 aromatic heterocycles. The van der Waals surface area contributed by atoms with Crippen LogP contribution in [0.5, 0.6) is 6.01 Å².